The van der Waals surface area contributed by atoms with Gasteiger partial charge in [-0.25, -0.2) is 13.1 Å². The molecule has 0 bridgehead atoms. The first kappa shape index (κ1) is 23.2. The maximum Gasteiger partial charge on any atom is 0.305 e. The Morgan fingerprint density at radius 1 is 1.10 bits per heavy atom. The second-order valence-electron chi connectivity index (χ2n) is 7.11. The summed E-state index contributed by atoms with van der Waals surface area (Å²) in [6.45, 7) is 0.439. The molecule has 2 N–H and O–H groups in total. The molecule has 162 valence electrons. The molecule has 0 saturated heterocycles. The number of rotatable bonds is 11. The van der Waals surface area contributed by atoms with E-state index in [0.717, 1.165) is 32.1 Å². The van der Waals surface area contributed by atoms with Gasteiger partial charge >= 0.3 is 5.97 Å². The quantitative estimate of drug-likeness (QED) is 0.415. The number of benzene rings is 1. The highest BCUT2D eigenvalue weighted by atomic mass is 32.2. The van der Waals surface area contributed by atoms with Crippen LogP contribution in [0.3, 0.4) is 0 Å². The smallest absolute Gasteiger partial charge is 0.305 e. The lowest BCUT2D eigenvalue weighted by Gasteiger charge is -2.15. The van der Waals surface area contributed by atoms with Crippen molar-refractivity contribution >= 4 is 21.9 Å². The van der Waals surface area contributed by atoms with E-state index in [1.165, 1.54) is 26.4 Å². The number of esters is 1. The first-order valence-corrected chi connectivity index (χ1v) is 11.4. The summed E-state index contributed by atoms with van der Waals surface area (Å²) in [5.74, 6) is -0.389. The zero-order valence-corrected chi connectivity index (χ0v) is 17.8. The molecule has 1 aromatic rings. The molecule has 1 aromatic carbocycles. The van der Waals surface area contributed by atoms with Crippen molar-refractivity contribution in [1.29, 1.82) is 0 Å². The van der Waals surface area contributed by atoms with Gasteiger partial charge in [0.25, 0.3) is 5.91 Å². The lowest BCUT2D eigenvalue weighted by molar-refractivity contribution is -0.140. The van der Waals surface area contributed by atoms with Crippen LogP contribution in [0.1, 0.15) is 61.7 Å². The van der Waals surface area contributed by atoms with Crippen LogP contribution in [0.4, 0.5) is 0 Å². The lowest BCUT2D eigenvalue weighted by Crippen LogP contribution is -2.33. The Morgan fingerprint density at radius 2 is 1.83 bits per heavy atom. The molecule has 1 saturated carbocycles. The van der Waals surface area contributed by atoms with Gasteiger partial charge in [0.05, 0.1) is 14.2 Å². The van der Waals surface area contributed by atoms with Gasteiger partial charge in [0.1, 0.15) is 10.6 Å². The fraction of sp³-hybridized carbons (Fsp3) is 0.600. The topological polar surface area (TPSA) is 111 Å². The fourth-order valence-corrected chi connectivity index (χ4v) is 4.83. The highest BCUT2D eigenvalue weighted by Gasteiger charge is 2.26. The maximum atomic E-state index is 12.8. The van der Waals surface area contributed by atoms with Crippen LogP contribution in [-0.2, 0) is 19.6 Å². The van der Waals surface area contributed by atoms with E-state index >= 15 is 0 Å². The van der Waals surface area contributed by atoms with Crippen molar-refractivity contribution in [2.45, 2.75) is 62.3 Å². The molecule has 0 unspecified atom stereocenters. The third kappa shape index (κ3) is 7.01. The van der Waals surface area contributed by atoms with Crippen molar-refractivity contribution in [3.05, 3.63) is 23.8 Å². The van der Waals surface area contributed by atoms with Gasteiger partial charge in [-0.05, 0) is 43.9 Å². The number of amides is 1. The molecule has 0 spiro atoms. The summed E-state index contributed by atoms with van der Waals surface area (Å²) >= 11 is 0. The summed E-state index contributed by atoms with van der Waals surface area (Å²) in [5.41, 5.74) is 0.257. The number of ether oxygens (including phenoxy) is 2. The minimum Gasteiger partial charge on any atom is -0.495 e. The van der Waals surface area contributed by atoms with Gasteiger partial charge in [-0.2, -0.15) is 0 Å². The molecule has 0 heterocycles. The summed E-state index contributed by atoms with van der Waals surface area (Å²) in [7, 11) is -1.03. The van der Waals surface area contributed by atoms with Crippen LogP contribution in [0, 0.1) is 0 Å². The van der Waals surface area contributed by atoms with Gasteiger partial charge in [0, 0.05) is 24.6 Å². The summed E-state index contributed by atoms with van der Waals surface area (Å²) < 4.78 is 38.1. The Bertz CT molecular complexity index is 803. The number of methoxy groups -OCH3 is 2. The second-order valence-corrected chi connectivity index (χ2v) is 8.79. The Morgan fingerprint density at radius 3 is 2.48 bits per heavy atom. The molecular weight excluding hydrogens is 396 g/mol. The molecular formula is C20H30N2O6S. The van der Waals surface area contributed by atoms with E-state index in [1.807, 2.05) is 0 Å². The maximum absolute atomic E-state index is 12.8. The number of hydrogen-bond donors (Lipinski definition) is 2. The largest absolute Gasteiger partial charge is 0.495 e. The molecule has 1 fully saturated rings. The molecule has 2 rings (SSSR count). The number of nitrogens with one attached hydrogen (secondary N) is 2. The summed E-state index contributed by atoms with van der Waals surface area (Å²) in [6, 6.07) is 4.31. The van der Waals surface area contributed by atoms with Crippen molar-refractivity contribution in [3.8, 4) is 5.75 Å². The van der Waals surface area contributed by atoms with Crippen LogP contribution in [0.2, 0.25) is 0 Å². The van der Waals surface area contributed by atoms with Crippen LogP contribution in [0.15, 0.2) is 23.1 Å². The van der Waals surface area contributed by atoms with Gasteiger partial charge < -0.3 is 14.8 Å². The van der Waals surface area contributed by atoms with Crippen molar-refractivity contribution in [3.63, 3.8) is 0 Å². The normalized spacial score (nSPS) is 14.6. The minimum absolute atomic E-state index is 0.0300. The average molecular weight is 427 g/mol. The Hall–Kier alpha value is -2.13. The molecule has 29 heavy (non-hydrogen) atoms. The van der Waals surface area contributed by atoms with Crippen LogP contribution in [-0.4, -0.2) is 47.1 Å². The van der Waals surface area contributed by atoms with E-state index in [2.05, 4.69) is 14.8 Å². The molecule has 1 amide bonds. The zero-order chi connectivity index (χ0) is 21.3. The van der Waals surface area contributed by atoms with E-state index in [1.54, 1.807) is 6.07 Å². The van der Waals surface area contributed by atoms with Crippen LogP contribution in [0.25, 0.3) is 0 Å². The molecule has 0 aliphatic heterocycles. The minimum atomic E-state index is -3.78. The van der Waals surface area contributed by atoms with E-state index in [4.69, 9.17) is 4.74 Å². The van der Waals surface area contributed by atoms with E-state index in [-0.39, 0.29) is 34.1 Å². The molecule has 9 heteroatoms. The number of unbranched alkanes of at least 4 members (excludes halogenated alkanes) is 2. The van der Waals surface area contributed by atoms with Crippen molar-refractivity contribution < 1.29 is 27.5 Å². The first-order chi connectivity index (χ1) is 13.9. The van der Waals surface area contributed by atoms with E-state index < -0.39 is 10.0 Å². The number of carbonyl (C=O) groups excluding carboxylic acids is 2. The van der Waals surface area contributed by atoms with E-state index in [9.17, 15) is 18.0 Å². The average Bonchev–Trinajstić information content (AvgIpc) is 3.21. The summed E-state index contributed by atoms with van der Waals surface area (Å²) in [5, 5.41) is 2.78. The monoisotopic (exact) mass is 426 g/mol. The van der Waals surface area contributed by atoms with Crippen molar-refractivity contribution in [2.24, 2.45) is 0 Å². The second kappa shape index (κ2) is 11.2. The van der Waals surface area contributed by atoms with Crippen LogP contribution >= 0.6 is 0 Å². The molecule has 0 atom stereocenters. The molecule has 1 aliphatic carbocycles. The van der Waals surface area contributed by atoms with Gasteiger partial charge in [0.15, 0.2) is 0 Å². The molecule has 0 radical (unpaired) electrons. The molecule has 1 aliphatic rings. The van der Waals surface area contributed by atoms with Crippen molar-refractivity contribution in [2.75, 3.05) is 20.8 Å². The zero-order valence-electron chi connectivity index (χ0n) is 17.0. The molecule has 0 aromatic heterocycles. The highest BCUT2D eigenvalue weighted by molar-refractivity contribution is 7.89. The number of carbonyl (C=O) groups is 2. The number of hydrogen-bond acceptors (Lipinski definition) is 6. The predicted octanol–water partition coefficient (Wildman–Crippen LogP) is 2.38. The summed E-state index contributed by atoms with van der Waals surface area (Å²) in [6.07, 6.45) is 6.20. The first-order valence-electron chi connectivity index (χ1n) is 9.92. The van der Waals surface area contributed by atoms with Gasteiger partial charge in [-0.1, -0.05) is 19.3 Å². The van der Waals surface area contributed by atoms with Gasteiger partial charge in [-0.3, -0.25) is 9.59 Å². The summed E-state index contributed by atoms with van der Waals surface area (Å²) in [4.78, 5) is 23.4. The Kier molecular flexibility index (Phi) is 8.91. The SMILES string of the molecule is COC(=O)CCCCCNC(=O)c1ccc(OC)c(S(=O)(=O)NC2CCCC2)c1. The standard InChI is InChI=1S/C20H30N2O6S/c1-27-17-12-11-15(20(24)21-13-7-3-4-10-19(23)28-2)14-18(17)29(25,26)22-16-8-5-6-9-16/h11-12,14,16,22H,3-10,13H2,1-2H3,(H,21,24). The molecule has 8 nitrogen and oxygen atoms in total. The Labute approximate surface area is 172 Å². The van der Waals surface area contributed by atoms with Gasteiger partial charge in [0.2, 0.25) is 10.0 Å². The Balaban J connectivity index is 1.96. The fourth-order valence-electron chi connectivity index (χ4n) is 3.33. The number of sulfonamides is 1. The lowest BCUT2D eigenvalue weighted by atomic mass is 10.1. The van der Waals surface area contributed by atoms with Crippen LogP contribution in [0.5, 0.6) is 5.75 Å². The highest BCUT2D eigenvalue weighted by Crippen LogP contribution is 2.27. The third-order valence-corrected chi connectivity index (χ3v) is 6.50. The van der Waals surface area contributed by atoms with Crippen LogP contribution < -0.4 is 14.8 Å². The van der Waals surface area contributed by atoms with Gasteiger partial charge in [-0.15, -0.1) is 0 Å². The predicted molar refractivity (Wildman–Crippen MR) is 108 cm³/mol. The van der Waals surface area contributed by atoms with Crippen molar-refractivity contribution in [1.82, 2.24) is 10.0 Å². The third-order valence-electron chi connectivity index (χ3n) is 4.96. The van der Waals surface area contributed by atoms with E-state index in [0.29, 0.717) is 25.8 Å².